The predicted octanol–water partition coefficient (Wildman–Crippen LogP) is 2.21. The third-order valence-corrected chi connectivity index (χ3v) is 3.70. The van der Waals surface area contributed by atoms with Crippen molar-refractivity contribution in [1.82, 2.24) is 5.32 Å². The normalized spacial score (nSPS) is 16.8. The number of hydrogen-bond donors (Lipinski definition) is 2. The van der Waals surface area contributed by atoms with Gasteiger partial charge in [-0.25, -0.2) is 4.39 Å². The van der Waals surface area contributed by atoms with Gasteiger partial charge in [-0.2, -0.15) is 0 Å². The van der Waals surface area contributed by atoms with Crippen LogP contribution in [0.4, 0.5) is 10.1 Å². The van der Waals surface area contributed by atoms with Crippen LogP contribution < -0.4 is 10.6 Å². The number of ether oxygens (including phenoxy) is 1. The Hall–Kier alpha value is -0.980. The molecule has 1 aliphatic heterocycles. The van der Waals surface area contributed by atoms with Gasteiger partial charge in [-0.1, -0.05) is 0 Å². The molecule has 2 rings (SSSR count). The lowest BCUT2D eigenvalue weighted by molar-refractivity contribution is -0.130. The van der Waals surface area contributed by atoms with Crippen LogP contribution in [0.25, 0.3) is 0 Å². The van der Waals surface area contributed by atoms with Crippen molar-refractivity contribution in [1.29, 1.82) is 0 Å². The number of hydrogen-bond acceptors (Lipinski definition) is 3. The second-order valence-corrected chi connectivity index (χ2v) is 5.83. The van der Waals surface area contributed by atoms with Crippen LogP contribution in [0.5, 0.6) is 0 Å². The highest BCUT2D eigenvalue weighted by Crippen LogP contribution is 2.24. The lowest BCUT2D eigenvalue weighted by atomic mass is 10.0. The van der Waals surface area contributed by atoms with E-state index in [1.165, 1.54) is 6.07 Å². The molecule has 0 saturated carbocycles. The molecule has 0 radical (unpaired) electrons. The molecule has 0 aromatic heterocycles. The van der Waals surface area contributed by atoms with Gasteiger partial charge >= 0.3 is 0 Å². The minimum absolute atomic E-state index is 0.0324. The van der Waals surface area contributed by atoms with Crippen LogP contribution in [0.3, 0.4) is 0 Å². The zero-order valence-corrected chi connectivity index (χ0v) is 12.4. The molecule has 1 fully saturated rings. The molecule has 0 unspecified atom stereocenters. The summed E-state index contributed by atoms with van der Waals surface area (Å²) in [7, 11) is 0. The summed E-state index contributed by atoms with van der Waals surface area (Å²) in [5.74, 6) is -0.685. The van der Waals surface area contributed by atoms with E-state index in [0.29, 0.717) is 10.2 Å². The Labute approximate surface area is 119 Å². The average Bonchev–Trinajstić information content (AvgIpc) is 2.31. The van der Waals surface area contributed by atoms with Gasteiger partial charge < -0.3 is 15.4 Å². The topological polar surface area (TPSA) is 50.4 Å². The molecule has 2 N–H and O–H groups in total. The Bertz CT molecular complexity index is 504. The SMILES string of the molecule is Cc1cc(Br)c(F)cc1NC(=O)COC1(C)CNC1. The number of aryl methyl sites for hydroxylation is 1. The van der Waals surface area contributed by atoms with Crippen molar-refractivity contribution in [3.8, 4) is 0 Å². The van der Waals surface area contributed by atoms with Crippen LogP contribution in [0.2, 0.25) is 0 Å². The largest absolute Gasteiger partial charge is 0.363 e. The predicted molar refractivity (Wildman–Crippen MR) is 74.7 cm³/mol. The highest BCUT2D eigenvalue weighted by molar-refractivity contribution is 9.10. The van der Waals surface area contributed by atoms with Gasteiger partial charge in [-0.3, -0.25) is 4.79 Å². The Balaban J connectivity index is 1.93. The molecular weight excluding hydrogens is 315 g/mol. The van der Waals surface area contributed by atoms with Crippen molar-refractivity contribution in [2.24, 2.45) is 0 Å². The molecule has 6 heteroatoms. The number of anilines is 1. The molecule has 1 aromatic rings. The van der Waals surface area contributed by atoms with E-state index < -0.39 is 5.82 Å². The molecule has 0 spiro atoms. The number of benzene rings is 1. The first-order chi connectivity index (χ1) is 8.89. The Morgan fingerprint density at radius 2 is 2.26 bits per heavy atom. The molecule has 1 aliphatic rings. The van der Waals surface area contributed by atoms with Gasteiger partial charge in [0.25, 0.3) is 0 Å². The minimum atomic E-state index is -0.406. The highest BCUT2D eigenvalue weighted by Gasteiger charge is 2.33. The van der Waals surface area contributed by atoms with E-state index in [1.54, 1.807) is 13.0 Å². The van der Waals surface area contributed by atoms with Crippen molar-refractivity contribution < 1.29 is 13.9 Å². The van der Waals surface area contributed by atoms with Gasteiger partial charge in [0, 0.05) is 18.8 Å². The number of carbonyl (C=O) groups is 1. The third kappa shape index (κ3) is 3.52. The van der Waals surface area contributed by atoms with Gasteiger partial charge in [-0.15, -0.1) is 0 Å². The number of rotatable bonds is 4. The number of carbonyl (C=O) groups excluding carboxylic acids is 1. The maximum absolute atomic E-state index is 13.4. The van der Waals surface area contributed by atoms with Crippen molar-refractivity contribution in [2.45, 2.75) is 19.4 Å². The molecule has 1 saturated heterocycles. The lowest BCUT2D eigenvalue weighted by Crippen LogP contribution is -2.59. The quantitative estimate of drug-likeness (QED) is 0.889. The van der Waals surface area contributed by atoms with Crippen LogP contribution in [-0.2, 0) is 9.53 Å². The van der Waals surface area contributed by atoms with Gasteiger partial charge in [0.2, 0.25) is 5.91 Å². The first kappa shape index (κ1) is 14.4. The fourth-order valence-corrected chi connectivity index (χ4v) is 2.24. The van der Waals surface area contributed by atoms with E-state index in [9.17, 15) is 9.18 Å². The van der Waals surface area contributed by atoms with E-state index >= 15 is 0 Å². The van der Waals surface area contributed by atoms with Crippen molar-refractivity contribution >= 4 is 27.5 Å². The van der Waals surface area contributed by atoms with Crippen LogP contribution in [0.1, 0.15) is 12.5 Å². The van der Waals surface area contributed by atoms with Crippen molar-refractivity contribution in [3.63, 3.8) is 0 Å². The second kappa shape index (κ2) is 5.56. The van der Waals surface area contributed by atoms with Gasteiger partial charge in [0.05, 0.1) is 10.1 Å². The fourth-order valence-electron chi connectivity index (χ4n) is 1.79. The molecule has 1 aromatic carbocycles. The molecule has 0 aliphatic carbocycles. The van der Waals surface area contributed by atoms with E-state index in [4.69, 9.17) is 4.74 Å². The summed E-state index contributed by atoms with van der Waals surface area (Å²) in [6, 6.07) is 2.92. The summed E-state index contributed by atoms with van der Waals surface area (Å²) >= 11 is 3.10. The fraction of sp³-hybridized carbons (Fsp3) is 0.462. The molecule has 1 amide bonds. The molecule has 19 heavy (non-hydrogen) atoms. The van der Waals surface area contributed by atoms with Gasteiger partial charge in [0.1, 0.15) is 12.4 Å². The van der Waals surface area contributed by atoms with Crippen LogP contribution >= 0.6 is 15.9 Å². The average molecular weight is 331 g/mol. The van der Waals surface area contributed by atoms with E-state index in [2.05, 4.69) is 26.6 Å². The van der Waals surface area contributed by atoms with Crippen LogP contribution in [-0.4, -0.2) is 31.2 Å². The van der Waals surface area contributed by atoms with Gasteiger partial charge in [-0.05, 0) is 47.5 Å². The maximum atomic E-state index is 13.4. The van der Waals surface area contributed by atoms with Gasteiger partial charge in [0.15, 0.2) is 0 Å². The Morgan fingerprint density at radius 3 is 2.84 bits per heavy atom. The first-order valence-electron chi connectivity index (χ1n) is 6.00. The number of nitrogens with one attached hydrogen (secondary N) is 2. The Kier molecular flexibility index (Phi) is 4.23. The number of amides is 1. The zero-order valence-electron chi connectivity index (χ0n) is 10.8. The second-order valence-electron chi connectivity index (χ2n) is 4.97. The van der Waals surface area contributed by atoms with E-state index in [1.807, 2.05) is 6.92 Å². The summed E-state index contributed by atoms with van der Waals surface area (Å²) in [4.78, 5) is 11.8. The van der Waals surface area contributed by atoms with Crippen LogP contribution in [0.15, 0.2) is 16.6 Å². The highest BCUT2D eigenvalue weighted by atomic mass is 79.9. The monoisotopic (exact) mass is 330 g/mol. The van der Waals surface area contributed by atoms with E-state index in [-0.39, 0.29) is 18.1 Å². The molecule has 4 nitrogen and oxygen atoms in total. The van der Waals surface area contributed by atoms with Crippen molar-refractivity contribution in [3.05, 3.63) is 28.0 Å². The lowest BCUT2D eigenvalue weighted by Gasteiger charge is -2.38. The van der Waals surface area contributed by atoms with E-state index in [0.717, 1.165) is 18.7 Å². The minimum Gasteiger partial charge on any atom is -0.363 e. The first-order valence-corrected chi connectivity index (χ1v) is 6.79. The summed E-state index contributed by atoms with van der Waals surface area (Å²) in [6.45, 7) is 5.20. The standard InChI is InChI=1S/C13H16BrFN2O2/c1-8-3-9(14)10(15)4-11(8)17-12(18)5-19-13(2)6-16-7-13/h3-4,16H,5-7H2,1-2H3,(H,17,18). The number of halogens is 2. The summed E-state index contributed by atoms with van der Waals surface area (Å²) < 4.78 is 19.3. The zero-order chi connectivity index (χ0) is 14.0. The van der Waals surface area contributed by atoms with Crippen molar-refractivity contribution in [2.75, 3.05) is 25.0 Å². The molecule has 0 bridgehead atoms. The summed E-state index contributed by atoms with van der Waals surface area (Å²) in [5.41, 5.74) is 0.987. The molecule has 0 atom stereocenters. The smallest absolute Gasteiger partial charge is 0.250 e. The molecule has 104 valence electrons. The summed E-state index contributed by atoms with van der Waals surface area (Å²) in [5, 5.41) is 5.74. The Morgan fingerprint density at radius 1 is 1.58 bits per heavy atom. The molecule has 1 heterocycles. The summed E-state index contributed by atoms with van der Waals surface area (Å²) in [6.07, 6.45) is 0. The molecular formula is C13H16BrFN2O2. The third-order valence-electron chi connectivity index (χ3n) is 3.09. The maximum Gasteiger partial charge on any atom is 0.250 e. The van der Waals surface area contributed by atoms with Crippen LogP contribution in [0, 0.1) is 12.7 Å².